The number of hydrogen-bond acceptors (Lipinski definition) is 5. The van der Waals surface area contributed by atoms with Crippen LogP contribution in [0.25, 0.3) is 0 Å². The van der Waals surface area contributed by atoms with Gasteiger partial charge in [0.2, 0.25) is 15.9 Å². The molecule has 6 nitrogen and oxygen atoms in total. The number of oxazole rings is 1. The van der Waals surface area contributed by atoms with Crippen molar-refractivity contribution in [2.45, 2.75) is 39.7 Å². The van der Waals surface area contributed by atoms with Crippen molar-refractivity contribution in [3.05, 3.63) is 17.8 Å². The minimum absolute atomic E-state index is 0.105. The average Bonchev–Trinajstić information content (AvgIpc) is 2.75. The zero-order valence-electron chi connectivity index (χ0n) is 11.8. The molecule has 0 bridgehead atoms. The van der Waals surface area contributed by atoms with Gasteiger partial charge >= 0.3 is 0 Å². The van der Waals surface area contributed by atoms with Crippen LogP contribution in [-0.4, -0.2) is 32.2 Å². The molecule has 0 aliphatic rings. The Bertz CT molecular complexity index is 470. The fourth-order valence-electron chi connectivity index (χ4n) is 1.64. The van der Waals surface area contributed by atoms with Crippen LogP contribution in [0.5, 0.6) is 0 Å². The molecule has 7 heteroatoms. The molecule has 0 aliphatic heterocycles. The number of aryl methyl sites for hydroxylation is 1. The van der Waals surface area contributed by atoms with Gasteiger partial charge in [-0.3, -0.25) is 0 Å². The van der Waals surface area contributed by atoms with Crippen LogP contribution in [0, 0.1) is 6.92 Å². The molecular formula is C12H23N3O3S. The van der Waals surface area contributed by atoms with Crippen LogP contribution in [0.3, 0.4) is 0 Å². The number of rotatable bonds is 9. The molecular weight excluding hydrogens is 266 g/mol. The highest BCUT2D eigenvalue weighted by molar-refractivity contribution is 7.89. The third-order valence-electron chi connectivity index (χ3n) is 2.56. The van der Waals surface area contributed by atoms with Gasteiger partial charge in [0, 0.05) is 0 Å². The zero-order valence-corrected chi connectivity index (χ0v) is 12.6. The average molecular weight is 289 g/mol. The molecule has 1 aromatic rings. The van der Waals surface area contributed by atoms with E-state index in [1.807, 2.05) is 0 Å². The minimum atomic E-state index is -3.30. The van der Waals surface area contributed by atoms with Crippen molar-refractivity contribution >= 4 is 10.0 Å². The maximum Gasteiger partial charge on any atom is 0.212 e. The van der Waals surface area contributed by atoms with E-state index in [0.717, 1.165) is 13.0 Å². The van der Waals surface area contributed by atoms with Gasteiger partial charge in [-0.15, -0.1) is 0 Å². The van der Waals surface area contributed by atoms with Gasteiger partial charge in [0.1, 0.15) is 5.76 Å². The Morgan fingerprint density at radius 2 is 2.16 bits per heavy atom. The first-order valence-corrected chi connectivity index (χ1v) is 8.23. The summed E-state index contributed by atoms with van der Waals surface area (Å²) in [6.07, 6.45) is 3.22. The Hall–Kier alpha value is -0.920. The lowest BCUT2D eigenvalue weighted by Gasteiger charge is -2.11. The number of nitrogens with zero attached hydrogens (tertiary/aromatic N) is 1. The zero-order chi connectivity index (χ0) is 14.3. The summed E-state index contributed by atoms with van der Waals surface area (Å²) < 4.78 is 31.6. The highest BCUT2D eigenvalue weighted by Crippen LogP contribution is 2.13. The molecule has 0 saturated heterocycles. The lowest BCUT2D eigenvalue weighted by atomic mass is 10.4. The Balaban J connectivity index is 2.37. The maximum absolute atomic E-state index is 11.8. The molecule has 0 amide bonds. The normalized spacial score (nSPS) is 13.6. The predicted molar refractivity (Wildman–Crippen MR) is 74.4 cm³/mol. The second-order valence-corrected chi connectivity index (χ2v) is 6.44. The standard InChI is InChI=1S/C12H23N3O3S/c1-4-6-13-7-5-8-19(16,17)15-11(3)12-14-9-10(2)18-12/h9,11,13,15H,4-8H2,1-3H3. The van der Waals surface area contributed by atoms with Crippen LogP contribution >= 0.6 is 0 Å². The van der Waals surface area contributed by atoms with Crippen LogP contribution in [0.15, 0.2) is 10.6 Å². The molecule has 0 radical (unpaired) electrons. The van der Waals surface area contributed by atoms with E-state index in [-0.39, 0.29) is 5.75 Å². The van der Waals surface area contributed by atoms with Crippen molar-refractivity contribution in [1.29, 1.82) is 0 Å². The van der Waals surface area contributed by atoms with Crippen molar-refractivity contribution in [2.75, 3.05) is 18.8 Å². The highest BCUT2D eigenvalue weighted by Gasteiger charge is 2.18. The Kier molecular flexibility index (Phi) is 6.47. The maximum atomic E-state index is 11.8. The monoisotopic (exact) mass is 289 g/mol. The van der Waals surface area contributed by atoms with Gasteiger partial charge in [0.05, 0.1) is 18.0 Å². The molecule has 0 aliphatic carbocycles. The van der Waals surface area contributed by atoms with Crippen LogP contribution in [0.2, 0.25) is 0 Å². The predicted octanol–water partition coefficient (Wildman–Crippen LogP) is 1.35. The van der Waals surface area contributed by atoms with Crippen molar-refractivity contribution < 1.29 is 12.8 Å². The summed E-state index contributed by atoms with van der Waals surface area (Å²) in [4.78, 5) is 4.01. The van der Waals surface area contributed by atoms with E-state index in [1.165, 1.54) is 0 Å². The van der Waals surface area contributed by atoms with Crippen LogP contribution in [0.1, 0.15) is 44.4 Å². The van der Waals surface area contributed by atoms with Gasteiger partial charge in [-0.25, -0.2) is 18.1 Å². The van der Waals surface area contributed by atoms with Gasteiger partial charge < -0.3 is 9.73 Å². The number of nitrogens with one attached hydrogen (secondary N) is 2. The first-order chi connectivity index (χ1) is 8.94. The molecule has 2 N–H and O–H groups in total. The Morgan fingerprint density at radius 1 is 1.42 bits per heavy atom. The van der Waals surface area contributed by atoms with Crippen molar-refractivity contribution in [1.82, 2.24) is 15.0 Å². The molecule has 110 valence electrons. The Labute approximate surface area is 115 Å². The van der Waals surface area contributed by atoms with E-state index in [1.54, 1.807) is 20.0 Å². The van der Waals surface area contributed by atoms with E-state index in [0.29, 0.717) is 24.6 Å². The third-order valence-corrected chi connectivity index (χ3v) is 4.10. The van der Waals surface area contributed by atoms with Gasteiger partial charge in [0.25, 0.3) is 0 Å². The van der Waals surface area contributed by atoms with Gasteiger partial charge in [0.15, 0.2) is 0 Å². The first-order valence-electron chi connectivity index (χ1n) is 6.57. The fourth-order valence-corrected chi connectivity index (χ4v) is 2.92. The SMILES string of the molecule is CCCNCCCS(=O)(=O)NC(C)c1ncc(C)o1. The van der Waals surface area contributed by atoms with Gasteiger partial charge in [-0.05, 0) is 39.8 Å². The summed E-state index contributed by atoms with van der Waals surface area (Å²) in [5, 5.41) is 3.17. The van der Waals surface area contributed by atoms with E-state index in [4.69, 9.17) is 4.42 Å². The lowest BCUT2D eigenvalue weighted by molar-refractivity contribution is 0.427. The van der Waals surface area contributed by atoms with Crippen LogP contribution in [0.4, 0.5) is 0 Å². The smallest absolute Gasteiger partial charge is 0.212 e. The van der Waals surface area contributed by atoms with E-state index >= 15 is 0 Å². The molecule has 0 spiro atoms. The molecule has 0 fully saturated rings. The molecule has 19 heavy (non-hydrogen) atoms. The summed E-state index contributed by atoms with van der Waals surface area (Å²) in [5.74, 6) is 1.17. The van der Waals surface area contributed by atoms with E-state index in [9.17, 15) is 8.42 Å². The van der Waals surface area contributed by atoms with Crippen LogP contribution in [-0.2, 0) is 10.0 Å². The summed E-state index contributed by atoms with van der Waals surface area (Å²) in [6.45, 7) is 7.20. The molecule has 1 atom stereocenters. The lowest BCUT2D eigenvalue weighted by Crippen LogP contribution is -2.30. The molecule has 1 unspecified atom stereocenters. The summed E-state index contributed by atoms with van der Waals surface area (Å²) >= 11 is 0. The van der Waals surface area contributed by atoms with E-state index in [2.05, 4.69) is 21.9 Å². The topological polar surface area (TPSA) is 84.2 Å². The first kappa shape index (κ1) is 16.1. The second kappa shape index (κ2) is 7.62. The van der Waals surface area contributed by atoms with Gasteiger partial charge in [-0.1, -0.05) is 6.92 Å². The Morgan fingerprint density at radius 3 is 2.74 bits per heavy atom. The minimum Gasteiger partial charge on any atom is -0.444 e. The van der Waals surface area contributed by atoms with Crippen molar-refractivity contribution in [3.63, 3.8) is 0 Å². The largest absolute Gasteiger partial charge is 0.444 e. The molecule has 1 aromatic heterocycles. The molecule has 1 heterocycles. The summed E-state index contributed by atoms with van der Waals surface area (Å²) in [6, 6.07) is -0.442. The third kappa shape index (κ3) is 6.17. The summed E-state index contributed by atoms with van der Waals surface area (Å²) in [5.41, 5.74) is 0. The number of sulfonamides is 1. The summed E-state index contributed by atoms with van der Waals surface area (Å²) in [7, 11) is -3.30. The second-order valence-electron chi connectivity index (χ2n) is 4.57. The quantitative estimate of drug-likeness (QED) is 0.670. The number of aromatic nitrogens is 1. The molecule has 1 rings (SSSR count). The molecule has 0 aromatic carbocycles. The van der Waals surface area contributed by atoms with Crippen LogP contribution < -0.4 is 10.0 Å². The van der Waals surface area contributed by atoms with Crippen molar-refractivity contribution in [2.24, 2.45) is 0 Å². The molecule has 0 saturated carbocycles. The fraction of sp³-hybridized carbons (Fsp3) is 0.750. The van der Waals surface area contributed by atoms with E-state index < -0.39 is 16.1 Å². The van der Waals surface area contributed by atoms with Crippen molar-refractivity contribution in [3.8, 4) is 0 Å². The highest BCUT2D eigenvalue weighted by atomic mass is 32.2. The number of hydrogen-bond donors (Lipinski definition) is 2. The van der Waals surface area contributed by atoms with Gasteiger partial charge in [-0.2, -0.15) is 0 Å².